The highest BCUT2D eigenvalue weighted by molar-refractivity contribution is 5.11. The smallest absolute Gasteiger partial charge is 0.220 e. The van der Waals surface area contributed by atoms with E-state index in [2.05, 4.69) is 20.1 Å². The summed E-state index contributed by atoms with van der Waals surface area (Å²) in [6.07, 6.45) is 3.30. The predicted molar refractivity (Wildman–Crippen MR) is 46.4 cm³/mol. The van der Waals surface area contributed by atoms with Gasteiger partial charge in [0.2, 0.25) is 0 Å². The first-order chi connectivity index (χ1) is 6.25. The number of rotatable bonds is 1. The molecule has 0 amide bonds. The summed E-state index contributed by atoms with van der Waals surface area (Å²) in [4.78, 5) is 12.3. The van der Waals surface area contributed by atoms with Gasteiger partial charge in [-0.2, -0.15) is 4.68 Å². The van der Waals surface area contributed by atoms with E-state index in [0.717, 1.165) is 5.69 Å². The third-order valence-electron chi connectivity index (χ3n) is 1.59. The molecule has 0 fully saturated rings. The minimum atomic E-state index is 0.556. The Balaban J connectivity index is 2.46. The molecule has 13 heavy (non-hydrogen) atoms. The van der Waals surface area contributed by atoms with Crippen LogP contribution < -0.4 is 0 Å². The lowest BCUT2D eigenvalue weighted by Crippen LogP contribution is -2.02. The SMILES string of the molecule is Cc1ccnc(-n2cnc(C)n2)n1. The van der Waals surface area contributed by atoms with Crippen LogP contribution in [0.4, 0.5) is 0 Å². The molecule has 0 N–H and O–H groups in total. The van der Waals surface area contributed by atoms with Crippen molar-refractivity contribution in [3.05, 3.63) is 30.1 Å². The van der Waals surface area contributed by atoms with E-state index in [9.17, 15) is 0 Å². The van der Waals surface area contributed by atoms with Crippen molar-refractivity contribution < 1.29 is 0 Å². The minimum absolute atomic E-state index is 0.556. The highest BCUT2D eigenvalue weighted by Crippen LogP contribution is 1.98. The zero-order valence-corrected chi connectivity index (χ0v) is 7.47. The Morgan fingerprint density at radius 3 is 2.69 bits per heavy atom. The van der Waals surface area contributed by atoms with Gasteiger partial charge in [0.1, 0.15) is 12.2 Å². The molecule has 0 bridgehead atoms. The van der Waals surface area contributed by atoms with Crippen LogP contribution in [0.1, 0.15) is 11.5 Å². The zero-order valence-electron chi connectivity index (χ0n) is 7.47. The second-order valence-corrected chi connectivity index (χ2v) is 2.73. The van der Waals surface area contributed by atoms with Crippen LogP contribution in [0.15, 0.2) is 18.6 Å². The fourth-order valence-electron chi connectivity index (χ4n) is 0.988. The first kappa shape index (κ1) is 7.85. The van der Waals surface area contributed by atoms with E-state index >= 15 is 0 Å². The highest BCUT2D eigenvalue weighted by atomic mass is 15.4. The third kappa shape index (κ3) is 1.53. The van der Waals surface area contributed by atoms with E-state index in [4.69, 9.17) is 0 Å². The molecule has 0 saturated heterocycles. The summed E-state index contributed by atoms with van der Waals surface area (Å²) in [7, 11) is 0. The van der Waals surface area contributed by atoms with E-state index in [1.165, 1.54) is 0 Å². The van der Waals surface area contributed by atoms with Crippen LogP contribution in [-0.4, -0.2) is 24.7 Å². The maximum absolute atomic E-state index is 4.21. The van der Waals surface area contributed by atoms with E-state index < -0.39 is 0 Å². The van der Waals surface area contributed by atoms with Gasteiger partial charge in [-0.1, -0.05) is 0 Å². The Bertz CT molecular complexity index is 420. The Morgan fingerprint density at radius 1 is 1.23 bits per heavy atom. The summed E-state index contributed by atoms with van der Waals surface area (Å²) in [5.41, 5.74) is 0.915. The lowest BCUT2D eigenvalue weighted by Gasteiger charge is -1.97. The lowest BCUT2D eigenvalue weighted by atomic mass is 10.5. The van der Waals surface area contributed by atoms with Gasteiger partial charge in [0.25, 0.3) is 5.95 Å². The minimum Gasteiger partial charge on any atom is -0.220 e. The van der Waals surface area contributed by atoms with Gasteiger partial charge >= 0.3 is 0 Å². The standard InChI is InChI=1S/C8H9N5/c1-6-3-4-9-8(11-6)13-5-10-7(2)12-13/h3-5H,1-2H3. The first-order valence-electron chi connectivity index (χ1n) is 3.94. The fourth-order valence-corrected chi connectivity index (χ4v) is 0.988. The van der Waals surface area contributed by atoms with Crippen molar-refractivity contribution in [1.29, 1.82) is 0 Å². The van der Waals surface area contributed by atoms with Crippen LogP contribution in [0.2, 0.25) is 0 Å². The van der Waals surface area contributed by atoms with Gasteiger partial charge in [-0.15, -0.1) is 5.10 Å². The van der Waals surface area contributed by atoms with Crippen molar-refractivity contribution in [1.82, 2.24) is 24.7 Å². The third-order valence-corrected chi connectivity index (χ3v) is 1.59. The molecule has 0 saturated carbocycles. The molecular weight excluding hydrogens is 166 g/mol. The van der Waals surface area contributed by atoms with E-state index in [1.54, 1.807) is 17.2 Å². The highest BCUT2D eigenvalue weighted by Gasteiger charge is 2.01. The summed E-state index contributed by atoms with van der Waals surface area (Å²) in [6.45, 7) is 3.74. The Labute approximate surface area is 75.5 Å². The summed E-state index contributed by atoms with van der Waals surface area (Å²) >= 11 is 0. The second kappa shape index (κ2) is 2.93. The molecule has 5 heteroatoms. The molecule has 0 unspecified atom stereocenters. The normalized spacial score (nSPS) is 10.3. The van der Waals surface area contributed by atoms with Gasteiger partial charge in [0.05, 0.1) is 0 Å². The summed E-state index contributed by atoms with van der Waals surface area (Å²) in [5.74, 6) is 1.27. The van der Waals surface area contributed by atoms with Crippen molar-refractivity contribution in [2.45, 2.75) is 13.8 Å². The monoisotopic (exact) mass is 175 g/mol. The zero-order chi connectivity index (χ0) is 9.26. The number of hydrogen-bond donors (Lipinski definition) is 0. The van der Waals surface area contributed by atoms with Crippen molar-refractivity contribution >= 4 is 0 Å². The van der Waals surface area contributed by atoms with Gasteiger partial charge < -0.3 is 0 Å². The van der Waals surface area contributed by atoms with Crippen molar-refractivity contribution in [2.24, 2.45) is 0 Å². The molecular formula is C8H9N5. The summed E-state index contributed by atoms with van der Waals surface area (Å²) in [6, 6.07) is 1.84. The number of aromatic nitrogens is 5. The molecule has 2 aromatic rings. The molecule has 0 aliphatic heterocycles. The van der Waals surface area contributed by atoms with Gasteiger partial charge in [-0.25, -0.2) is 15.0 Å². The largest absolute Gasteiger partial charge is 0.252 e. The maximum atomic E-state index is 4.21. The van der Waals surface area contributed by atoms with Crippen LogP contribution in [-0.2, 0) is 0 Å². The van der Waals surface area contributed by atoms with Crippen LogP contribution in [0.3, 0.4) is 0 Å². The van der Waals surface area contributed by atoms with E-state index in [0.29, 0.717) is 11.8 Å². The van der Waals surface area contributed by atoms with Gasteiger partial charge in [0, 0.05) is 11.9 Å². The molecule has 0 spiro atoms. The summed E-state index contributed by atoms with van der Waals surface area (Å²) in [5, 5.41) is 4.10. The van der Waals surface area contributed by atoms with Gasteiger partial charge in [-0.05, 0) is 19.9 Å². The average Bonchev–Trinajstić information content (AvgIpc) is 2.52. The second-order valence-electron chi connectivity index (χ2n) is 2.73. The van der Waals surface area contributed by atoms with Crippen molar-refractivity contribution in [3.63, 3.8) is 0 Å². The molecule has 0 atom stereocenters. The Kier molecular flexibility index (Phi) is 1.77. The fraction of sp³-hybridized carbons (Fsp3) is 0.250. The molecule has 2 heterocycles. The summed E-state index contributed by atoms with van der Waals surface area (Å²) < 4.78 is 1.56. The maximum Gasteiger partial charge on any atom is 0.252 e. The molecule has 0 aromatic carbocycles. The van der Waals surface area contributed by atoms with Crippen LogP contribution in [0, 0.1) is 13.8 Å². The topological polar surface area (TPSA) is 56.5 Å². The molecule has 66 valence electrons. The molecule has 5 nitrogen and oxygen atoms in total. The van der Waals surface area contributed by atoms with Gasteiger partial charge in [0.15, 0.2) is 0 Å². The Morgan fingerprint density at radius 2 is 2.08 bits per heavy atom. The van der Waals surface area contributed by atoms with E-state index in [1.807, 2.05) is 19.9 Å². The van der Waals surface area contributed by atoms with Crippen molar-refractivity contribution in [2.75, 3.05) is 0 Å². The Hall–Kier alpha value is -1.78. The predicted octanol–water partition coefficient (Wildman–Crippen LogP) is 0.674. The molecule has 0 aliphatic carbocycles. The molecule has 0 aliphatic rings. The first-order valence-corrected chi connectivity index (χ1v) is 3.94. The molecule has 2 rings (SSSR count). The number of nitrogens with zero attached hydrogens (tertiary/aromatic N) is 5. The van der Waals surface area contributed by atoms with E-state index in [-0.39, 0.29) is 0 Å². The number of aryl methyl sites for hydroxylation is 2. The molecule has 0 radical (unpaired) electrons. The van der Waals surface area contributed by atoms with Crippen molar-refractivity contribution in [3.8, 4) is 5.95 Å². The van der Waals surface area contributed by atoms with Crippen LogP contribution >= 0.6 is 0 Å². The average molecular weight is 175 g/mol. The van der Waals surface area contributed by atoms with Crippen LogP contribution in [0.25, 0.3) is 5.95 Å². The number of hydrogen-bond acceptors (Lipinski definition) is 4. The molecule has 2 aromatic heterocycles. The van der Waals surface area contributed by atoms with Gasteiger partial charge in [-0.3, -0.25) is 0 Å². The lowest BCUT2D eigenvalue weighted by molar-refractivity contribution is 0.790. The quantitative estimate of drug-likeness (QED) is 0.639. The van der Waals surface area contributed by atoms with Crippen LogP contribution in [0.5, 0.6) is 0 Å².